The topological polar surface area (TPSA) is 55.8 Å². The summed E-state index contributed by atoms with van der Waals surface area (Å²) in [5.41, 5.74) is 0.994. The van der Waals surface area contributed by atoms with Gasteiger partial charge in [0.05, 0.1) is 0 Å². The van der Waals surface area contributed by atoms with Gasteiger partial charge in [0, 0.05) is 4.90 Å². The molecule has 1 aromatic carbocycles. The van der Waals surface area contributed by atoms with Crippen LogP contribution in [0.1, 0.15) is 19.4 Å². The molecule has 1 aliphatic heterocycles. The van der Waals surface area contributed by atoms with Gasteiger partial charge >= 0.3 is 5.97 Å². The van der Waals surface area contributed by atoms with Crippen LogP contribution in [0.5, 0.6) is 11.5 Å². The zero-order valence-corrected chi connectivity index (χ0v) is 10.8. The highest BCUT2D eigenvalue weighted by Crippen LogP contribution is 2.42. The minimum Gasteiger partial charge on any atom is -0.480 e. The van der Waals surface area contributed by atoms with Gasteiger partial charge in [-0.3, -0.25) is 4.79 Å². The second-order valence-electron chi connectivity index (χ2n) is 4.39. The van der Waals surface area contributed by atoms with Crippen molar-refractivity contribution in [3.8, 4) is 11.5 Å². The number of rotatable bonds is 3. The quantitative estimate of drug-likeness (QED) is 0.840. The Kier molecular flexibility index (Phi) is 2.95. The van der Waals surface area contributed by atoms with E-state index in [0.717, 1.165) is 16.2 Å². The van der Waals surface area contributed by atoms with E-state index in [1.165, 1.54) is 11.8 Å². The molecule has 0 unspecified atom stereocenters. The molecule has 2 rings (SSSR count). The van der Waals surface area contributed by atoms with E-state index in [1.54, 1.807) is 13.8 Å². The largest absolute Gasteiger partial charge is 0.480 e. The molecule has 0 aromatic heterocycles. The summed E-state index contributed by atoms with van der Waals surface area (Å²) < 4.78 is 9.69. The summed E-state index contributed by atoms with van der Waals surface area (Å²) in [4.78, 5) is 12.0. The van der Waals surface area contributed by atoms with Crippen LogP contribution in [-0.2, 0) is 4.79 Å². The van der Waals surface area contributed by atoms with Gasteiger partial charge < -0.3 is 14.6 Å². The highest BCUT2D eigenvalue weighted by atomic mass is 32.2. The van der Waals surface area contributed by atoms with Crippen molar-refractivity contribution in [2.75, 3.05) is 6.79 Å². The molecule has 0 saturated carbocycles. The van der Waals surface area contributed by atoms with Gasteiger partial charge in [0.15, 0.2) is 11.5 Å². The second kappa shape index (κ2) is 4.14. The molecule has 1 aromatic rings. The lowest BCUT2D eigenvalue weighted by molar-refractivity contribution is -0.138. The zero-order valence-electron chi connectivity index (χ0n) is 9.94. The third kappa shape index (κ3) is 2.34. The molecule has 0 atom stereocenters. The van der Waals surface area contributed by atoms with Gasteiger partial charge in [0.2, 0.25) is 6.79 Å². The minimum atomic E-state index is -0.863. The predicted octanol–water partition coefficient (Wildman–Crippen LogP) is 2.68. The van der Waals surface area contributed by atoms with Gasteiger partial charge in [0.25, 0.3) is 0 Å². The van der Waals surface area contributed by atoms with Crippen LogP contribution in [0.15, 0.2) is 17.0 Å². The number of hydrogen-bond donors (Lipinski definition) is 1. The first-order valence-corrected chi connectivity index (χ1v) is 6.04. The van der Waals surface area contributed by atoms with Crippen LogP contribution in [-0.4, -0.2) is 22.6 Å². The Hall–Kier alpha value is -1.36. The number of carboxylic acid groups (broad SMARTS) is 1. The molecule has 1 heterocycles. The van der Waals surface area contributed by atoms with Crippen LogP contribution in [0.25, 0.3) is 0 Å². The number of aliphatic carboxylic acids is 1. The Morgan fingerprint density at radius 2 is 1.94 bits per heavy atom. The van der Waals surface area contributed by atoms with Gasteiger partial charge in [-0.15, -0.1) is 11.8 Å². The third-order valence-corrected chi connectivity index (χ3v) is 3.89. The lowest BCUT2D eigenvalue weighted by atomic mass is 10.2. The molecule has 0 aliphatic carbocycles. The smallest absolute Gasteiger partial charge is 0.319 e. The fraction of sp³-hybridized carbons (Fsp3) is 0.417. The Balaban J connectivity index is 2.31. The molecule has 4 nitrogen and oxygen atoms in total. The van der Waals surface area contributed by atoms with E-state index in [1.807, 2.05) is 19.1 Å². The molecule has 92 valence electrons. The van der Waals surface area contributed by atoms with Gasteiger partial charge in [-0.2, -0.15) is 0 Å². The second-order valence-corrected chi connectivity index (χ2v) is 6.05. The summed E-state index contributed by atoms with van der Waals surface area (Å²) in [6.07, 6.45) is 0. The van der Waals surface area contributed by atoms with Crippen LogP contribution < -0.4 is 9.47 Å². The molecule has 0 amide bonds. The van der Waals surface area contributed by atoms with Crippen molar-refractivity contribution >= 4 is 17.7 Å². The normalized spacial score (nSPS) is 13.8. The molecule has 1 N–H and O–H groups in total. The molecule has 0 saturated heterocycles. The van der Waals surface area contributed by atoms with Gasteiger partial charge in [-0.1, -0.05) is 0 Å². The first-order valence-electron chi connectivity index (χ1n) is 5.23. The molecule has 0 bridgehead atoms. The summed E-state index contributed by atoms with van der Waals surface area (Å²) in [5, 5.41) is 9.11. The average molecular weight is 254 g/mol. The first-order chi connectivity index (χ1) is 7.90. The number of aryl methyl sites for hydroxylation is 1. The highest BCUT2D eigenvalue weighted by molar-refractivity contribution is 8.01. The third-order valence-electron chi connectivity index (χ3n) is 2.55. The van der Waals surface area contributed by atoms with E-state index >= 15 is 0 Å². The Morgan fingerprint density at radius 1 is 1.35 bits per heavy atom. The molecule has 17 heavy (non-hydrogen) atoms. The van der Waals surface area contributed by atoms with Crippen molar-refractivity contribution in [2.24, 2.45) is 0 Å². The summed E-state index contributed by atoms with van der Waals surface area (Å²) in [6.45, 7) is 5.53. The number of ether oxygens (including phenoxy) is 2. The number of carboxylic acids is 1. The van der Waals surface area contributed by atoms with E-state index in [4.69, 9.17) is 14.6 Å². The SMILES string of the molecule is Cc1cc2c(cc1SC(C)(C)C(=O)O)OCO2. The Morgan fingerprint density at radius 3 is 2.53 bits per heavy atom. The fourth-order valence-corrected chi connectivity index (χ4v) is 2.48. The number of carbonyl (C=O) groups is 1. The minimum absolute atomic E-state index is 0.227. The van der Waals surface area contributed by atoms with E-state index in [0.29, 0.717) is 5.75 Å². The van der Waals surface area contributed by atoms with E-state index < -0.39 is 10.7 Å². The monoisotopic (exact) mass is 254 g/mol. The average Bonchev–Trinajstić information content (AvgIpc) is 2.64. The number of hydrogen-bond acceptors (Lipinski definition) is 4. The zero-order chi connectivity index (χ0) is 12.6. The molecule has 5 heteroatoms. The van der Waals surface area contributed by atoms with Crippen molar-refractivity contribution in [1.29, 1.82) is 0 Å². The summed E-state index contributed by atoms with van der Waals surface area (Å²) in [5.74, 6) is 0.568. The molecular weight excluding hydrogens is 240 g/mol. The number of thioether (sulfide) groups is 1. The molecule has 0 fully saturated rings. The molecule has 1 aliphatic rings. The Bertz CT molecular complexity index is 468. The lowest BCUT2D eigenvalue weighted by Crippen LogP contribution is -2.27. The van der Waals surface area contributed by atoms with Gasteiger partial charge in [0.1, 0.15) is 4.75 Å². The molecule has 0 radical (unpaired) electrons. The standard InChI is InChI=1S/C12H14O4S/c1-7-4-8-9(16-6-15-8)5-10(7)17-12(2,3)11(13)14/h4-5H,6H2,1-3H3,(H,13,14). The van der Waals surface area contributed by atoms with Crippen molar-refractivity contribution in [1.82, 2.24) is 0 Å². The van der Waals surface area contributed by atoms with Crippen LogP contribution >= 0.6 is 11.8 Å². The van der Waals surface area contributed by atoms with Crippen molar-refractivity contribution < 1.29 is 19.4 Å². The maximum absolute atomic E-state index is 11.1. The first kappa shape index (κ1) is 12.1. The number of fused-ring (bicyclic) bond motifs is 1. The number of benzene rings is 1. The summed E-state index contributed by atoms with van der Waals surface area (Å²) in [7, 11) is 0. The fourth-order valence-electron chi connectivity index (χ4n) is 1.45. The van der Waals surface area contributed by atoms with Crippen molar-refractivity contribution in [3.05, 3.63) is 17.7 Å². The predicted molar refractivity (Wildman–Crippen MR) is 64.9 cm³/mol. The Labute approximate surface area is 104 Å². The van der Waals surface area contributed by atoms with Gasteiger partial charge in [-0.25, -0.2) is 0 Å². The van der Waals surface area contributed by atoms with Crippen molar-refractivity contribution in [3.63, 3.8) is 0 Å². The van der Waals surface area contributed by atoms with Gasteiger partial charge in [-0.05, 0) is 38.5 Å². The summed E-state index contributed by atoms with van der Waals surface area (Å²) in [6, 6.07) is 3.72. The molecule has 0 spiro atoms. The maximum atomic E-state index is 11.1. The molecular formula is C12H14O4S. The van der Waals surface area contributed by atoms with Crippen LogP contribution in [0, 0.1) is 6.92 Å². The van der Waals surface area contributed by atoms with Crippen LogP contribution in [0.3, 0.4) is 0 Å². The highest BCUT2D eigenvalue weighted by Gasteiger charge is 2.30. The van der Waals surface area contributed by atoms with Crippen LogP contribution in [0.2, 0.25) is 0 Å². The maximum Gasteiger partial charge on any atom is 0.319 e. The van der Waals surface area contributed by atoms with E-state index in [-0.39, 0.29) is 6.79 Å². The van der Waals surface area contributed by atoms with E-state index in [2.05, 4.69) is 0 Å². The van der Waals surface area contributed by atoms with E-state index in [9.17, 15) is 4.79 Å². The lowest BCUT2D eigenvalue weighted by Gasteiger charge is -2.19. The van der Waals surface area contributed by atoms with Crippen molar-refractivity contribution in [2.45, 2.75) is 30.4 Å². The summed E-state index contributed by atoms with van der Waals surface area (Å²) >= 11 is 1.31. The van der Waals surface area contributed by atoms with Crippen LogP contribution in [0.4, 0.5) is 0 Å².